The van der Waals surface area contributed by atoms with Gasteiger partial charge < -0.3 is 5.32 Å². The Morgan fingerprint density at radius 3 is 2.16 bits per heavy atom. The normalized spacial score (nSPS) is 9.95. The number of benzene rings is 2. The number of aryl methyl sites for hydroxylation is 1. The first-order chi connectivity index (χ1) is 9.16. The number of ketones is 1. The lowest BCUT2D eigenvalue weighted by Crippen LogP contribution is -2.29. The van der Waals surface area contributed by atoms with Gasteiger partial charge in [-0.1, -0.05) is 48.0 Å². The van der Waals surface area contributed by atoms with E-state index in [2.05, 4.69) is 5.32 Å². The molecule has 96 valence electrons. The van der Waals surface area contributed by atoms with Crippen LogP contribution in [0.5, 0.6) is 0 Å². The Morgan fingerprint density at radius 1 is 0.895 bits per heavy atom. The molecule has 19 heavy (non-hydrogen) atoms. The number of nitrogens with one attached hydrogen (secondary N) is 1. The van der Waals surface area contributed by atoms with E-state index in [-0.39, 0.29) is 18.2 Å². The molecule has 2 aromatic carbocycles. The number of hydrogen-bond donors (Lipinski definition) is 1. The van der Waals surface area contributed by atoms with Crippen LogP contribution in [0.25, 0.3) is 0 Å². The van der Waals surface area contributed by atoms with Crippen molar-refractivity contribution >= 4 is 11.7 Å². The van der Waals surface area contributed by atoms with Crippen molar-refractivity contribution in [1.82, 2.24) is 5.32 Å². The van der Waals surface area contributed by atoms with Gasteiger partial charge in [0.05, 0.1) is 6.54 Å². The fourth-order valence-corrected chi connectivity index (χ4v) is 1.69. The zero-order valence-electron chi connectivity index (χ0n) is 10.7. The Hall–Kier alpha value is -2.42. The van der Waals surface area contributed by atoms with Crippen LogP contribution < -0.4 is 5.32 Å². The Bertz CT molecular complexity index is 573. The molecule has 1 amide bonds. The van der Waals surface area contributed by atoms with E-state index < -0.39 is 0 Å². The van der Waals surface area contributed by atoms with E-state index in [0.29, 0.717) is 11.1 Å². The molecule has 0 saturated carbocycles. The highest BCUT2D eigenvalue weighted by Crippen LogP contribution is 2.04. The third-order valence-corrected chi connectivity index (χ3v) is 2.82. The summed E-state index contributed by atoms with van der Waals surface area (Å²) in [6.45, 7) is 1.97. The fourth-order valence-electron chi connectivity index (χ4n) is 1.69. The number of amides is 1. The van der Waals surface area contributed by atoms with Gasteiger partial charge in [-0.2, -0.15) is 0 Å². The van der Waals surface area contributed by atoms with Crippen LogP contribution in [0, 0.1) is 6.92 Å². The average molecular weight is 253 g/mol. The third kappa shape index (κ3) is 3.52. The molecular formula is C16H15NO2. The van der Waals surface area contributed by atoms with E-state index in [4.69, 9.17) is 0 Å². The standard InChI is InChI=1S/C16H15NO2/c1-12-7-9-13(10-8-12)15(18)11-17-16(19)14-5-3-2-4-6-14/h2-10H,11H2,1H3,(H,17,19). The maximum Gasteiger partial charge on any atom is 0.251 e. The molecule has 0 aliphatic carbocycles. The van der Waals surface area contributed by atoms with Crippen LogP contribution in [-0.4, -0.2) is 18.2 Å². The second kappa shape index (κ2) is 5.96. The lowest BCUT2D eigenvalue weighted by molar-refractivity contribution is 0.0904. The van der Waals surface area contributed by atoms with Gasteiger partial charge in [0, 0.05) is 11.1 Å². The van der Waals surface area contributed by atoms with Crippen molar-refractivity contribution in [3.8, 4) is 0 Å². The van der Waals surface area contributed by atoms with E-state index >= 15 is 0 Å². The van der Waals surface area contributed by atoms with Crippen molar-refractivity contribution in [2.75, 3.05) is 6.54 Å². The Kier molecular flexibility index (Phi) is 4.08. The molecule has 0 atom stereocenters. The van der Waals surface area contributed by atoms with Crippen molar-refractivity contribution in [2.45, 2.75) is 6.92 Å². The first-order valence-corrected chi connectivity index (χ1v) is 6.10. The quantitative estimate of drug-likeness (QED) is 0.851. The summed E-state index contributed by atoms with van der Waals surface area (Å²) in [6.07, 6.45) is 0. The zero-order chi connectivity index (χ0) is 13.7. The molecule has 0 aliphatic heterocycles. The molecule has 0 aliphatic rings. The Balaban J connectivity index is 1.94. The molecule has 0 spiro atoms. The van der Waals surface area contributed by atoms with Crippen molar-refractivity contribution in [3.05, 3.63) is 71.3 Å². The molecule has 3 heteroatoms. The summed E-state index contributed by atoms with van der Waals surface area (Å²) in [5.41, 5.74) is 2.27. The number of Topliss-reactive ketones (excluding diaryl/α,β-unsaturated/α-hetero) is 1. The molecule has 0 bridgehead atoms. The van der Waals surface area contributed by atoms with Gasteiger partial charge in [-0.05, 0) is 19.1 Å². The van der Waals surface area contributed by atoms with Gasteiger partial charge >= 0.3 is 0 Å². The SMILES string of the molecule is Cc1ccc(C(=O)CNC(=O)c2ccccc2)cc1. The first kappa shape index (κ1) is 13.0. The fraction of sp³-hybridized carbons (Fsp3) is 0.125. The Labute approximate surface area is 112 Å². The topological polar surface area (TPSA) is 46.2 Å². The molecular weight excluding hydrogens is 238 g/mol. The predicted octanol–water partition coefficient (Wildman–Crippen LogP) is 2.61. The second-order valence-electron chi connectivity index (χ2n) is 4.34. The highest BCUT2D eigenvalue weighted by molar-refractivity contribution is 6.02. The third-order valence-electron chi connectivity index (χ3n) is 2.82. The molecule has 0 fully saturated rings. The Morgan fingerprint density at radius 2 is 1.53 bits per heavy atom. The molecule has 2 rings (SSSR count). The maximum absolute atomic E-state index is 11.9. The van der Waals surface area contributed by atoms with E-state index in [1.165, 1.54) is 0 Å². The summed E-state index contributed by atoms with van der Waals surface area (Å²) in [7, 11) is 0. The summed E-state index contributed by atoms with van der Waals surface area (Å²) < 4.78 is 0. The van der Waals surface area contributed by atoms with Crippen molar-refractivity contribution < 1.29 is 9.59 Å². The van der Waals surface area contributed by atoms with Gasteiger partial charge in [0.2, 0.25) is 0 Å². The number of rotatable bonds is 4. The van der Waals surface area contributed by atoms with Crippen molar-refractivity contribution in [3.63, 3.8) is 0 Å². The minimum atomic E-state index is -0.235. The minimum absolute atomic E-state index is 0.0107. The van der Waals surface area contributed by atoms with Crippen LogP contribution >= 0.6 is 0 Å². The molecule has 3 nitrogen and oxygen atoms in total. The van der Waals surface area contributed by atoms with E-state index in [0.717, 1.165) is 5.56 Å². The first-order valence-electron chi connectivity index (χ1n) is 6.10. The summed E-state index contributed by atoms with van der Waals surface area (Å²) in [5.74, 6) is -0.328. The molecule has 0 heterocycles. The van der Waals surface area contributed by atoms with Crippen LogP contribution in [0.3, 0.4) is 0 Å². The van der Waals surface area contributed by atoms with Gasteiger partial charge in [0.25, 0.3) is 5.91 Å². The van der Waals surface area contributed by atoms with Gasteiger partial charge in [0.1, 0.15) is 0 Å². The monoisotopic (exact) mass is 253 g/mol. The summed E-state index contributed by atoms with van der Waals surface area (Å²) in [5, 5.41) is 2.62. The van der Waals surface area contributed by atoms with E-state index in [9.17, 15) is 9.59 Å². The van der Waals surface area contributed by atoms with Crippen LogP contribution in [0.4, 0.5) is 0 Å². The molecule has 0 aromatic heterocycles. The molecule has 2 aromatic rings. The predicted molar refractivity (Wildman–Crippen MR) is 74.3 cm³/mol. The largest absolute Gasteiger partial charge is 0.345 e. The van der Waals surface area contributed by atoms with Gasteiger partial charge in [0.15, 0.2) is 5.78 Å². The van der Waals surface area contributed by atoms with Crippen LogP contribution in [0.2, 0.25) is 0 Å². The summed E-state index contributed by atoms with van der Waals surface area (Å²) >= 11 is 0. The van der Waals surface area contributed by atoms with E-state index in [1.807, 2.05) is 25.1 Å². The smallest absolute Gasteiger partial charge is 0.251 e. The van der Waals surface area contributed by atoms with E-state index in [1.54, 1.807) is 36.4 Å². The lowest BCUT2D eigenvalue weighted by atomic mass is 10.1. The molecule has 1 N–H and O–H groups in total. The number of carbonyl (C=O) groups excluding carboxylic acids is 2. The summed E-state index contributed by atoms with van der Waals surface area (Å²) in [4.78, 5) is 23.6. The minimum Gasteiger partial charge on any atom is -0.345 e. The molecule has 0 saturated heterocycles. The molecule has 0 radical (unpaired) electrons. The lowest BCUT2D eigenvalue weighted by Gasteiger charge is -2.05. The van der Waals surface area contributed by atoms with Gasteiger partial charge in [-0.3, -0.25) is 9.59 Å². The maximum atomic E-state index is 11.9. The highest BCUT2D eigenvalue weighted by atomic mass is 16.2. The van der Waals surface area contributed by atoms with Crippen LogP contribution in [0.1, 0.15) is 26.3 Å². The number of hydrogen-bond acceptors (Lipinski definition) is 2. The number of carbonyl (C=O) groups is 2. The molecule has 0 unspecified atom stereocenters. The van der Waals surface area contributed by atoms with Crippen molar-refractivity contribution in [2.24, 2.45) is 0 Å². The second-order valence-corrected chi connectivity index (χ2v) is 4.34. The summed E-state index contributed by atoms with van der Waals surface area (Å²) in [6, 6.07) is 16.1. The van der Waals surface area contributed by atoms with Gasteiger partial charge in [-0.15, -0.1) is 0 Å². The van der Waals surface area contributed by atoms with Gasteiger partial charge in [-0.25, -0.2) is 0 Å². The van der Waals surface area contributed by atoms with Crippen molar-refractivity contribution in [1.29, 1.82) is 0 Å². The van der Waals surface area contributed by atoms with Crippen LogP contribution in [0.15, 0.2) is 54.6 Å². The van der Waals surface area contributed by atoms with Crippen LogP contribution in [-0.2, 0) is 0 Å². The zero-order valence-corrected chi connectivity index (χ0v) is 10.7. The highest BCUT2D eigenvalue weighted by Gasteiger charge is 2.09. The average Bonchev–Trinajstić information content (AvgIpc) is 2.46.